The lowest BCUT2D eigenvalue weighted by atomic mass is 10.0. The molecule has 1 unspecified atom stereocenters. The molecule has 1 atom stereocenters. The molecule has 100 valence electrons. The van der Waals surface area contributed by atoms with Crippen LogP contribution >= 0.6 is 47.8 Å². The van der Waals surface area contributed by atoms with Crippen molar-refractivity contribution in [2.24, 2.45) is 5.92 Å². The number of carbonyl (C=O) groups is 1. The molecule has 0 radical (unpaired) electrons. The van der Waals surface area contributed by atoms with E-state index in [9.17, 15) is 4.79 Å². The summed E-state index contributed by atoms with van der Waals surface area (Å²) in [7, 11) is 0. The maximum absolute atomic E-state index is 12.1. The van der Waals surface area contributed by atoms with Crippen LogP contribution in [0.1, 0.15) is 30.6 Å². The quantitative estimate of drug-likeness (QED) is 0.656. The van der Waals surface area contributed by atoms with Gasteiger partial charge in [0.25, 0.3) is 5.91 Å². The monoisotopic (exact) mass is 439 g/mol. The number of benzene rings is 1. The van der Waals surface area contributed by atoms with Gasteiger partial charge in [-0.2, -0.15) is 0 Å². The van der Waals surface area contributed by atoms with Gasteiger partial charge in [0.1, 0.15) is 0 Å². The molecule has 1 aromatic carbocycles. The second-order valence-corrected chi connectivity index (χ2v) is 7.09. The zero-order valence-electron chi connectivity index (χ0n) is 10.3. The first-order valence-corrected chi connectivity index (χ1v) is 8.46. The third-order valence-corrected chi connectivity index (χ3v) is 4.10. The molecule has 0 aliphatic heterocycles. The van der Waals surface area contributed by atoms with Gasteiger partial charge in [0.15, 0.2) is 0 Å². The maximum atomic E-state index is 12.1. The number of hydrogen-bond donors (Lipinski definition) is 1. The number of hydrogen-bond acceptors (Lipinski definition) is 1. The molecule has 0 bridgehead atoms. The van der Waals surface area contributed by atoms with Crippen molar-refractivity contribution in [1.82, 2.24) is 5.32 Å². The van der Waals surface area contributed by atoms with E-state index >= 15 is 0 Å². The number of amides is 1. The normalized spacial score (nSPS) is 12.6. The fraction of sp³-hybridized carbons (Fsp3) is 0.462. The Morgan fingerprint density at radius 1 is 1.22 bits per heavy atom. The third-order valence-electron chi connectivity index (χ3n) is 2.40. The molecule has 1 amide bonds. The molecule has 0 aliphatic carbocycles. The van der Waals surface area contributed by atoms with Crippen molar-refractivity contribution in [2.75, 3.05) is 5.33 Å². The van der Waals surface area contributed by atoms with E-state index in [4.69, 9.17) is 0 Å². The van der Waals surface area contributed by atoms with Crippen molar-refractivity contribution < 1.29 is 4.79 Å². The molecule has 0 heterocycles. The van der Waals surface area contributed by atoms with Crippen molar-refractivity contribution in [3.8, 4) is 0 Å². The first-order valence-electron chi connectivity index (χ1n) is 5.75. The Morgan fingerprint density at radius 3 is 2.22 bits per heavy atom. The molecule has 1 rings (SSSR count). The highest BCUT2D eigenvalue weighted by Crippen LogP contribution is 2.20. The van der Waals surface area contributed by atoms with Crippen molar-refractivity contribution >= 4 is 53.7 Å². The van der Waals surface area contributed by atoms with Crippen LogP contribution in [0.2, 0.25) is 0 Å². The minimum atomic E-state index is -0.0397. The largest absolute Gasteiger partial charge is 0.348 e. The average Bonchev–Trinajstić information content (AvgIpc) is 2.26. The molecule has 5 heteroatoms. The molecule has 0 fully saturated rings. The third kappa shape index (κ3) is 5.41. The van der Waals surface area contributed by atoms with Crippen LogP contribution in [0.25, 0.3) is 0 Å². The summed E-state index contributed by atoms with van der Waals surface area (Å²) in [6.07, 6.45) is 0.964. The van der Waals surface area contributed by atoms with Gasteiger partial charge in [-0.15, -0.1) is 0 Å². The van der Waals surface area contributed by atoms with Crippen LogP contribution in [0, 0.1) is 5.92 Å². The standard InChI is InChI=1S/C13H16Br3NO/c1-8(2)3-12(7-14)17-13(18)9-4-10(15)6-11(16)5-9/h4-6,8,12H,3,7H2,1-2H3,(H,17,18). The Bertz CT molecular complexity index is 400. The maximum Gasteiger partial charge on any atom is 0.251 e. The fourth-order valence-corrected chi connectivity index (χ4v) is 3.40. The van der Waals surface area contributed by atoms with Gasteiger partial charge in [-0.1, -0.05) is 61.6 Å². The topological polar surface area (TPSA) is 29.1 Å². The number of alkyl halides is 1. The van der Waals surface area contributed by atoms with Crippen LogP contribution in [0.15, 0.2) is 27.1 Å². The SMILES string of the molecule is CC(C)CC(CBr)NC(=O)c1cc(Br)cc(Br)c1. The molecule has 0 spiro atoms. The van der Waals surface area contributed by atoms with E-state index in [0.717, 1.165) is 20.7 Å². The summed E-state index contributed by atoms with van der Waals surface area (Å²) in [5.41, 5.74) is 0.658. The number of halogens is 3. The second-order valence-electron chi connectivity index (χ2n) is 4.61. The minimum absolute atomic E-state index is 0.0397. The molecule has 0 saturated heterocycles. The molecule has 0 aliphatic rings. The Morgan fingerprint density at radius 2 is 1.78 bits per heavy atom. The first-order chi connectivity index (χ1) is 8.42. The molecule has 18 heavy (non-hydrogen) atoms. The predicted octanol–water partition coefficient (Wildman–Crippen LogP) is 4.75. The van der Waals surface area contributed by atoms with Gasteiger partial charge in [-0.3, -0.25) is 4.79 Å². The smallest absolute Gasteiger partial charge is 0.251 e. The number of rotatable bonds is 5. The molecular formula is C13H16Br3NO. The van der Waals surface area contributed by atoms with Gasteiger partial charge in [-0.05, 0) is 30.5 Å². The van der Waals surface area contributed by atoms with Gasteiger partial charge in [0, 0.05) is 25.9 Å². The molecule has 1 N–H and O–H groups in total. The van der Waals surface area contributed by atoms with E-state index in [-0.39, 0.29) is 11.9 Å². The van der Waals surface area contributed by atoms with E-state index in [2.05, 4.69) is 67.0 Å². The summed E-state index contributed by atoms with van der Waals surface area (Å²) in [6, 6.07) is 5.71. The van der Waals surface area contributed by atoms with Crippen LogP contribution in [-0.2, 0) is 0 Å². The van der Waals surface area contributed by atoms with Gasteiger partial charge in [0.2, 0.25) is 0 Å². The predicted molar refractivity (Wildman–Crippen MR) is 86.3 cm³/mol. The Kier molecular flexibility index (Phi) is 6.88. The lowest BCUT2D eigenvalue weighted by Gasteiger charge is -2.18. The zero-order chi connectivity index (χ0) is 13.7. The molecule has 0 aromatic heterocycles. The van der Waals surface area contributed by atoms with Gasteiger partial charge in [0.05, 0.1) is 0 Å². The summed E-state index contributed by atoms with van der Waals surface area (Å²) < 4.78 is 1.78. The van der Waals surface area contributed by atoms with E-state index in [1.54, 1.807) is 0 Å². The highest BCUT2D eigenvalue weighted by atomic mass is 79.9. The van der Waals surface area contributed by atoms with E-state index in [1.165, 1.54) is 0 Å². The van der Waals surface area contributed by atoms with E-state index < -0.39 is 0 Å². The summed E-state index contributed by atoms with van der Waals surface area (Å²) in [6.45, 7) is 4.30. The van der Waals surface area contributed by atoms with Crippen LogP contribution < -0.4 is 5.32 Å². The number of carbonyl (C=O) groups excluding carboxylic acids is 1. The van der Waals surface area contributed by atoms with Gasteiger partial charge < -0.3 is 5.32 Å². The van der Waals surface area contributed by atoms with Crippen LogP contribution in [0.5, 0.6) is 0 Å². The first kappa shape index (κ1) is 16.2. The van der Waals surface area contributed by atoms with Crippen LogP contribution in [-0.4, -0.2) is 17.3 Å². The van der Waals surface area contributed by atoms with E-state index in [0.29, 0.717) is 11.5 Å². The summed E-state index contributed by atoms with van der Waals surface area (Å²) in [5, 5.41) is 3.81. The summed E-state index contributed by atoms with van der Waals surface area (Å²) in [5.74, 6) is 0.518. The summed E-state index contributed by atoms with van der Waals surface area (Å²) >= 11 is 10.2. The Balaban J connectivity index is 2.74. The molecule has 1 aromatic rings. The van der Waals surface area contributed by atoms with Crippen LogP contribution in [0.3, 0.4) is 0 Å². The van der Waals surface area contributed by atoms with E-state index in [1.807, 2.05) is 18.2 Å². The van der Waals surface area contributed by atoms with Crippen molar-refractivity contribution in [2.45, 2.75) is 26.3 Å². The molecule has 0 saturated carbocycles. The average molecular weight is 442 g/mol. The van der Waals surface area contributed by atoms with Crippen molar-refractivity contribution in [3.63, 3.8) is 0 Å². The van der Waals surface area contributed by atoms with Crippen molar-refractivity contribution in [1.29, 1.82) is 0 Å². The molecule has 2 nitrogen and oxygen atoms in total. The van der Waals surface area contributed by atoms with Crippen molar-refractivity contribution in [3.05, 3.63) is 32.7 Å². The van der Waals surface area contributed by atoms with Crippen LogP contribution in [0.4, 0.5) is 0 Å². The highest BCUT2D eigenvalue weighted by Gasteiger charge is 2.14. The second kappa shape index (κ2) is 7.65. The van der Waals surface area contributed by atoms with Gasteiger partial charge >= 0.3 is 0 Å². The lowest BCUT2D eigenvalue weighted by Crippen LogP contribution is -2.37. The Labute approximate surface area is 133 Å². The Hall–Kier alpha value is 0.130. The zero-order valence-corrected chi connectivity index (χ0v) is 15.1. The fourth-order valence-electron chi connectivity index (χ4n) is 1.68. The number of nitrogens with one attached hydrogen (secondary N) is 1. The lowest BCUT2D eigenvalue weighted by molar-refractivity contribution is 0.0937. The van der Waals surface area contributed by atoms with Gasteiger partial charge in [-0.25, -0.2) is 0 Å². The molecular weight excluding hydrogens is 426 g/mol. The summed E-state index contributed by atoms with van der Waals surface area (Å²) in [4.78, 5) is 12.1. The highest BCUT2D eigenvalue weighted by molar-refractivity contribution is 9.11. The minimum Gasteiger partial charge on any atom is -0.348 e.